The van der Waals surface area contributed by atoms with E-state index in [1.54, 1.807) is 48.3 Å². The van der Waals surface area contributed by atoms with Gasteiger partial charge in [-0.25, -0.2) is 8.42 Å². The quantitative estimate of drug-likeness (QED) is 0.598. The molecule has 0 saturated carbocycles. The molecular formula is C25H26N2O3S. The number of nitrogens with zero attached hydrogens (tertiary/aromatic N) is 2. The Morgan fingerprint density at radius 2 is 1.71 bits per heavy atom. The fourth-order valence-corrected chi connectivity index (χ4v) is 5.77. The fraction of sp³-hybridized carbons (Fsp3) is 0.240. The van der Waals surface area contributed by atoms with Gasteiger partial charge in [0.2, 0.25) is 0 Å². The standard InChI is InChI=1S/C25H26N2O3S/c1-18-9-12-23(13-10-18)31(29,30)27-19(2)15-22-16-21(11-14-24(22)27)25(28)26(3)17-20-7-5-4-6-8-20/h4-14,16,19H,15,17H2,1-3H3/t19-/m0/s1. The van der Waals surface area contributed by atoms with Crippen molar-refractivity contribution < 1.29 is 13.2 Å². The summed E-state index contributed by atoms with van der Waals surface area (Å²) in [5.74, 6) is -0.0841. The van der Waals surface area contributed by atoms with Crippen LogP contribution < -0.4 is 4.31 Å². The Bertz CT molecular complexity index is 1210. The molecule has 1 aliphatic heterocycles. The second kappa shape index (κ2) is 8.19. The molecule has 0 bridgehead atoms. The van der Waals surface area contributed by atoms with Crippen LogP contribution in [0.4, 0.5) is 5.69 Å². The van der Waals surface area contributed by atoms with Crippen LogP contribution in [0, 0.1) is 6.92 Å². The Hall–Kier alpha value is -3.12. The number of fused-ring (bicyclic) bond motifs is 1. The van der Waals surface area contributed by atoms with E-state index in [0.29, 0.717) is 24.2 Å². The van der Waals surface area contributed by atoms with Crippen molar-refractivity contribution in [3.8, 4) is 0 Å². The number of benzene rings is 3. The van der Waals surface area contributed by atoms with Crippen molar-refractivity contribution in [3.05, 3.63) is 95.1 Å². The van der Waals surface area contributed by atoms with Crippen LogP contribution in [0.15, 0.2) is 77.7 Å². The lowest BCUT2D eigenvalue weighted by Gasteiger charge is -2.24. The van der Waals surface area contributed by atoms with Crippen LogP contribution in [-0.2, 0) is 23.0 Å². The smallest absolute Gasteiger partial charge is 0.264 e. The van der Waals surface area contributed by atoms with Crippen molar-refractivity contribution in [2.45, 2.75) is 37.8 Å². The summed E-state index contributed by atoms with van der Waals surface area (Å²) in [5.41, 5.74) is 4.16. The van der Waals surface area contributed by atoms with Gasteiger partial charge < -0.3 is 4.90 Å². The Morgan fingerprint density at radius 3 is 2.39 bits per heavy atom. The van der Waals surface area contributed by atoms with Crippen LogP contribution in [0.25, 0.3) is 0 Å². The second-order valence-corrected chi connectivity index (χ2v) is 9.97. The average Bonchev–Trinajstić information content (AvgIpc) is 3.09. The normalized spacial score (nSPS) is 15.6. The molecule has 3 aromatic carbocycles. The van der Waals surface area contributed by atoms with Gasteiger partial charge in [0.25, 0.3) is 15.9 Å². The third kappa shape index (κ3) is 4.08. The predicted octanol–water partition coefficient (Wildman–Crippen LogP) is 4.41. The largest absolute Gasteiger partial charge is 0.337 e. The lowest BCUT2D eigenvalue weighted by molar-refractivity contribution is 0.0785. The van der Waals surface area contributed by atoms with Crippen LogP contribution >= 0.6 is 0 Å². The Labute approximate surface area is 184 Å². The van der Waals surface area contributed by atoms with E-state index < -0.39 is 10.0 Å². The van der Waals surface area contributed by atoms with E-state index in [-0.39, 0.29) is 16.8 Å². The molecule has 0 fully saturated rings. The van der Waals surface area contributed by atoms with Crippen LogP contribution in [0.2, 0.25) is 0 Å². The lowest BCUT2D eigenvalue weighted by Crippen LogP contribution is -2.35. The Kier molecular flexibility index (Phi) is 5.58. The van der Waals surface area contributed by atoms with E-state index in [9.17, 15) is 13.2 Å². The molecule has 1 aliphatic rings. The molecule has 0 unspecified atom stereocenters. The van der Waals surface area contributed by atoms with Crippen LogP contribution in [0.1, 0.15) is 34.0 Å². The fourth-order valence-electron chi connectivity index (χ4n) is 4.08. The highest BCUT2D eigenvalue weighted by atomic mass is 32.2. The monoisotopic (exact) mass is 434 g/mol. The molecule has 0 spiro atoms. The summed E-state index contributed by atoms with van der Waals surface area (Å²) in [6.45, 7) is 4.34. The zero-order valence-electron chi connectivity index (χ0n) is 17.9. The van der Waals surface area contributed by atoms with E-state index in [1.807, 2.05) is 50.2 Å². The van der Waals surface area contributed by atoms with Gasteiger partial charge in [-0.05, 0) is 61.7 Å². The number of aryl methyl sites for hydroxylation is 1. The van der Waals surface area contributed by atoms with Gasteiger partial charge in [-0.15, -0.1) is 0 Å². The molecule has 1 heterocycles. The van der Waals surface area contributed by atoms with Gasteiger partial charge in [0.05, 0.1) is 10.6 Å². The maximum Gasteiger partial charge on any atom is 0.264 e. The molecule has 5 nitrogen and oxygen atoms in total. The first kappa shape index (κ1) is 21.1. The van der Waals surface area contributed by atoms with Gasteiger partial charge in [0.1, 0.15) is 0 Å². The Balaban J connectivity index is 1.60. The van der Waals surface area contributed by atoms with Gasteiger partial charge in [0.15, 0.2) is 0 Å². The molecule has 0 saturated heterocycles. The van der Waals surface area contributed by atoms with Crippen molar-refractivity contribution in [1.29, 1.82) is 0 Å². The Morgan fingerprint density at radius 1 is 1.03 bits per heavy atom. The number of rotatable bonds is 5. The van der Waals surface area contributed by atoms with E-state index in [0.717, 1.165) is 16.7 Å². The number of anilines is 1. The highest BCUT2D eigenvalue weighted by molar-refractivity contribution is 7.92. The minimum atomic E-state index is -3.67. The van der Waals surface area contributed by atoms with E-state index in [2.05, 4.69) is 0 Å². The number of sulfonamides is 1. The summed E-state index contributed by atoms with van der Waals surface area (Å²) in [6, 6.07) is 21.8. The number of hydrogen-bond acceptors (Lipinski definition) is 3. The number of carbonyl (C=O) groups excluding carboxylic acids is 1. The maximum atomic E-state index is 13.3. The number of carbonyl (C=O) groups is 1. The summed E-state index contributed by atoms with van der Waals surface area (Å²) >= 11 is 0. The topological polar surface area (TPSA) is 57.7 Å². The number of amides is 1. The molecular weight excluding hydrogens is 408 g/mol. The summed E-state index contributed by atoms with van der Waals surface area (Å²) < 4.78 is 28.1. The van der Waals surface area contributed by atoms with Crippen molar-refractivity contribution in [2.75, 3.05) is 11.4 Å². The summed E-state index contributed by atoms with van der Waals surface area (Å²) in [5, 5.41) is 0. The van der Waals surface area contributed by atoms with E-state index >= 15 is 0 Å². The minimum absolute atomic E-state index is 0.0841. The summed E-state index contributed by atoms with van der Waals surface area (Å²) in [7, 11) is -1.89. The van der Waals surface area contributed by atoms with Gasteiger partial charge in [-0.2, -0.15) is 0 Å². The molecule has 0 aliphatic carbocycles. The lowest BCUT2D eigenvalue weighted by atomic mass is 10.1. The van der Waals surface area contributed by atoms with Gasteiger partial charge in [0, 0.05) is 25.2 Å². The van der Waals surface area contributed by atoms with Gasteiger partial charge in [-0.3, -0.25) is 9.10 Å². The molecule has 160 valence electrons. The highest BCUT2D eigenvalue weighted by Gasteiger charge is 2.36. The van der Waals surface area contributed by atoms with E-state index in [4.69, 9.17) is 0 Å². The SMILES string of the molecule is Cc1ccc(S(=O)(=O)N2c3ccc(C(=O)N(C)Cc4ccccc4)cc3C[C@@H]2C)cc1. The minimum Gasteiger partial charge on any atom is -0.337 e. The zero-order valence-corrected chi connectivity index (χ0v) is 18.8. The number of hydrogen-bond donors (Lipinski definition) is 0. The molecule has 0 radical (unpaired) electrons. The molecule has 0 aromatic heterocycles. The second-order valence-electron chi connectivity index (χ2n) is 8.16. The molecule has 3 aromatic rings. The third-order valence-corrected chi connectivity index (χ3v) is 7.61. The first-order valence-electron chi connectivity index (χ1n) is 10.3. The van der Waals surface area contributed by atoms with Crippen molar-refractivity contribution in [2.24, 2.45) is 0 Å². The molecule has 1 atom stereocenters. The maximum absolute atomic E-state index is 13.3. The molecule has 31 heavy (non-hydrogen) atoms. The first-order chi connectivity index (χ1) is 14.8. The van der Waals surface area contributed by atoms with E-state index in [1.165, 1.54) is 4.31 Å². The van der Waals surface area contributed by atoms with Crippen LogP contribution in [-0.4, -0.2) is 32.3 Å². The zero-order chi connectivity index (χ0) is 22.2. The average molecular weight is 435 g/mol. The molecule has 0 N–H and O–H groups in total. The van der Waals surface area contributed by atoms with Crippen molar-refractivity contribution in [3.63, 3.8) is 0 Å². The summed E-state index contributed by atoms with van der Waals surface area (Å²) in [6.07, 6.45) is 0.573. The van der Waals surface area contributed by atoms with Crippen molar-refractivity contribution in [1.82, 2.24) is 4.90 Å². The van der Waals surface area contributed by atoms with Crippen molar-refractivity contribution >= 4 is 21.6 Å². The molecule has 4 rings (SSSR count). The van der Waals surface area contributed by atoms with Crippen LogP contribution in [0.3, 0.4) is 0 Å². The summed E-state index contributed by atoms with van der Waals surface area (Å²) in [4.78, 5) is 14.9. The molecule has 1 amide bonds. The first-order valence-corrected chi connectivity index (χ1v) is 11.7. The van der Waals surface area contributed by atoms with Gasteiger partial charge >= 0.3 is 0 Å². The third-order valence-electron chi connectivity index (χ3n) is 5.67. The predicted molar refractivity (Wildman–Crippen MR) is 123 cm³/mol. The highest BCUT2D eigenvalue weighted by Crippen LogP contribution is 2.37. The van der Waals surface area contributed by atoms with Gasteiger partial charge in [-0.1, -0.05) is 48.0 Å². The molecule has 6 heteroatoms. The van der Waals surface area contributed by atoms with Crippen LogP contribution in [0.5, 0.6) is 0 Å².